The van der Waals surface area contributed by atoms with Crippen LogP contribution >= 0.6 is 0 Å². The second kappa shape index (κ2) is 19.0. The molecule has 1 amide bonds. The van der Waals surface area contributed by atoms with Crippen LogP contribution in [0.25, 0.3) is 10.9 Å². The minimum atomic E-state index is -4.84. The number of aromatic hydroxyl groups is 1. The average molecular weight is 829 g/mol. The molecule has 4 aromatic carbocycles. The standard InChI is InChI=1S/C45H47F3N4O8/c46-45(47,48)36-23-28(11-12-35(36)43(56)58-22-5-4-19-49-25-38(54)33-13-15-37(53)42-34(33)14-16-40(55)50-42)27-59-32-10-6-9-31(24-32)41(30-7-2-1-3-8-30)51-44(57)60-39-26-52-20-17-29(39)18-21-52/h1-3,6-16,23-24,29,38-39,41,49,53-54H,4-5,17-22,25-27H2,(H,50,55)(H,51,57)/t38-,39-,41-/m0/s1. The molecular formula is C45H47F3N4O8. The quantitative estimate of drug-likeness (QED) is 0.0517. The van der Waals surface area contributed by atoms with Gasteiger partial charge >= 0.3 is 18.2 Å². The second-order valence-electron chi connectivity index (χ2n) is 15.2. The summed E-state index contributed by atoms with van der Waals surface area (Å²) in [6, 6.07) is 24.9. The number of amides is 1. The predicted octanol–water partition coefficient (Wildman–Crippen LogP) is 7.00. The number of halogens is 3. The third-order valence-electron chi connectivity index (χ3n) is 11.0. The third kappa shape index (κ3) is 10.4. The maximum absolute atomic E-state index is 14.2. The van der Waals surface area contributed by atoms with E-state index in [1.807, 2.05) is 36.4 Å². The first-order chi connectivity index (χ1) is 28.9. The Bertz CT molecular complexity index is 2330. The summed E-state index contributed by atoms with van der Waals surface area (Å²) in [5, 5.41) is 27.4. The van der Waals surface area contributed by atoms with E-state index in [0.29, 0.717) is 47.6 Å². The highest BCUT2D eigenvalue weighted by atomic mass is 19.4. The molecule has 15 heteroatoms. The largest absolute Gasteiger partial charge is 0.506 e. The van der Waals surface area contributed by atoms with Crippen molar-refractivity contribution < 1.29 is 47.2 Å². The number of rotatable bonds is 16. The van der Waals surface area contributed by atoms with E-state index in [9.17, 15) is 37.8 Å². The number of pyridine rings is 1. The second-order valence-corrected chi connectivity index (χ2v) is 15.2. The van der Waals surface area contributed by atoms with Crippen molar-refractivity contribution in [1.82, 2.24) is 20.5 Å². The maximum atomic E-state index is 14.2. The number of hydrogen-bond acceptors (Lipinski definition) is 10. The Morgan fingerprint density at radius 2 is 1.70 bits per heavy atom. The fourth-order valence-electron chi connectivity index (χ4n) is 7.88. The number of phenols is 1. The Morgan fingerprint density at radius 3 is 2.45 bits per heavy atom. The molecule has 3 saturated heterocycles. The van der Waals surface area contributed by atoms with Crippen molar-refractivity contribution in [1.29, 1.82) is 0 Å². The Morgan fingerprint density at radius 1 is 0.917 bits per heavy atom. The topological polar surface area (TPSA) is 162 Å². The highest BCUT2D eigenvalue weighted by Crippen LogP contribution is 2.35. The fraction of sp³-hybridized carbons (Fsp3) is 0.356. The van der Waals surface area contributed by atoms with E-state index in [1.54, 1.807) is 24.3 Å². The number of nitrogens with zero attached hydrogens (tertiary/aromatic N) is 1. The van der Waals surface area contributed by atoms with Gasteiger partial charge in [0.25, 0.3) is 0 Å². The van der Waals surface area contributed by atoms with Gasteiger partial charge in [0, 0.05) is 24.5 Å². The minimum Gasteiger partial charge on any atom is -0.506 e. The molecule has 3 fully saturated rings. The molecule has 0 unspecified atom stereocenters. The number of alkyl halides is 3. The molecule has 8 rings (SSSR count). The van der Waals surface area contributed by atoms with E-state index in [4.69, 9.17) is 14.2 Å². The van der Waals surface area contributed by atoms with Gasteiger partial charge in [-0.15, -0.1) is 0 Å². The zero-order valence-electron chi connectivity index (χ0n) is 32.8. The molecule has 1 aromatic heterocycles. The van der Waals surface area contributed by atoms with Gasteiger partial charge in [-0.1, -0.05) is 54.6 Å². The molecule has 5 N–H and O–H groups in total. The lowest BCUT2D eigenvalue weighted by Crippen LogP contribution is -2.52. The maximum Gasteiger partial charge on any atom is 0.417 e. The van der Waals surface area contributed by atoms with Crippen LogP contribution in [0.3, 0.4) is 0 Å². The number of unbranched alkanes of at least 4 members (excludes halogenated alkanes) is 1. The van der Waals surface area contributed by atoms with Gasteiger partial charge in [-0.25, -0.2) is 9.59 Å². The number of fused-ring (bicyclic) bond motifs is 4. The van der Waals surface area contributed by atoms with Crippen LogP contribution in [-0.4, -0.2) is 77.6 Å². The van der Waals surface area contributed by atoms with E-state index >= 15 is 0 Å². The van der Waals surface area contributed by atoms with E-state index in [1.165, 1.54) is 24.3 Å². The number of aromatic nitrogens is 1. The molecule has 12 nitrogen and oxygen atoms in total. The summed E-state index contributed by atoms with van der Waals surface area (Å²) in [6.45, 7) is 2.99. The number of carbonyl (C=O) groups excluding carboxylic acids is 2. The third-order valence-corrected chi connectivity index (χ3v) is 11.0. The van der Waals surface area contributed by atoms with Crippen LogP contribution in [0.1, 0.15) is 76.0 Å². The van der Waals surface area contributed by atoms with Gasteiger partial charge in [-0.2, -0.15) is 13.2 Å². The van der Waals surface area contributed by atoms with Crippen LogP contribution in [0.15, 0.2) is 102 Å². The molecule has 3 atom stereocenters. The number of benzene rings is 4. The van der Waals surface area contributed by atoms with Gasteiger partial charge in [0.2, 0.25) is 5.56 Å². The van der Waals surface area contributed by atoms with Gasteiger partial charge in [-0.3, -0.25) is 9.69 Å². The zero-order valence-corrected chi connectivity index (χ0v) is 32.8. The van der Waals surface area contributed by atoms with Gasteiger partial charge in [0.05, 0.1) is 35.4 Å². The van der Waals surface area contributed by atoms with Crippen LogP contribution in [0.2, 0.25) is 0 Å². The van der Waals surface area contributed by atoms with Gasteiger partial charge in [-0.05, 0) is 110 Å². The van der Waals surface area contributed by atoms with E-state index in [0.717, 1.165) is 50.2 Å². The molecule has 5 aromatic rings. The number of ether oxygens (including phenoxy) is 3. The van der Waals surface area contributed by atoms with Crippen molar-refractivity contribution in [2.45, 2.75) is 56.7 Å². The Kier molecular flexibility index (Phi) is 13.4. The normalized spacial score (nSPS) is 18.4. The number of aromatic amines is 1. The number of aliphatic hydroxyl groups excluding tert-OH is 1. The molecule has 60 heavy (non-hydrogen) atoms. The summed E-state index contributed by atoms with van der Waals surface area (Å²) in [5.74, 6) is -0.507. The van der Waals surface area contributed by atoms with Crippen molar-refractivity contribution in [3.8, 4) is 11.5 Å². The summed E-state index contributed by atoms with van der Waals surface area (Å²) in [7, 11) is 0. The SMILES string of the molecule is O=C(N[C@@H](c1ccccc1)c1cccc(OCc2ccc(C(=O)OCCCCNC[C@H](O)c3ccc(O)c4[nH]c(=O)ccc34)c(C(F)(F)F)c2)c1)O[C@H]1CN2CCC1CC2. The molecule has 0 spiro atoms. The van der Waals surface area contributed by atoms with E-state index < -0.39 is 41.5 Å². The molecule has 316 valence electrons. The first-order valence-corrected chi connectivity index (χ1v) is 20.0. The number of piperidine rings is 3. The fourth-order valence-corrected chi connectivity index (χ4v) is 7.88. The number of esters is 1. The molecule has 4 heterocycles. The predicted molar refractivity (Wildman–Crippen MR) is 217 cm³/mol. The average Bonchev–Trinajstić information content (AvgIpc) is 3.25. The number of H-pyrrole nitrogens is 1. The van der Waals surface area contributed by atoms with Crippen molar-refractivity contribution in [2.24, 2.45) is 5.92 Å². The van der Waals surface area contributed by atoms with Crippen molar-refractivity contribution in [2.75, 3.05) is 39.3 Å². The molecule has 0 aliphatic carbocycles. The van der Waals surface area contributed by atoms with Gasteiger partial charge in [0.15, 0.2) is 0 Å². The highest BCUT2D eigenvalue weighted by molar-refractivity contribution is 5.91. The number of nitrogens with one attached hydrogen (secondary N) is 3. The number of alkyl carbamates (subject to hydrolysis) is 1. The highest BCUT2D eigenvalue weighted by Gasteiger charge is 2.38. The molecule has 2 bridgehead atoms. The smallest absolute Gasteiger partial charge is 0.417 e. The minimum absolute atomic E-state index is 0.117. The van der Waals surface area contributed by atoms with Crippen molar-refractivity contribution in [3.05, 3.63) is 141 Å². The van der Waals surface area contributed by atoms with Crippen LogP contribution in [0.4, 0.5) is 18.0 Å². The lowest BCUT2D eigenvalue weighted by Gasteiger charge is -2.43. The summed E-state index contributed by atoms with van der Waals surface area (Å²) < 4.78 is 59.8. The van der Waals surface area contributed by atoms with Crippen LogP contribution < -0.4 is 20.9 Å². The Hall–Kier alpha value is -5.90. The lowest BCUT2D eigenvalue weighted by atomic mass is 9.86. The number of hydrogen-bond donors (Lipinski definition) is 5. The monoisotopic (exact) mass is 828 g/mol. The molecule has 0 saturated carbocycles. The Balaban J connectivity index is 0.911. The van der Waals surface area contributed by atoms with Crippen LogP contribution in [0, 0.1) is 5.92 Å². The van der Waals surface area contributed by atoms with Crippen LogP contribution in [-0.2, 0) is 22.3 Å². The Labute approximate surface area is 344 Å². The van der Waals surface area contributed by atoms with E-state index in [-0.39, 0.29) is 48.3 Å². The van der Waals surface area contributed by atoms with Crippen molar-refractivity contribution in [3.63, 3.8) is 0 Å². The first-order valence-electron chi connectivity index (χ1n) is 20.0. The molecule has 3 aliphatic heterocycles. The zero-order chi connectivity index (χ0) is 42.2. The molecule has 3 aliphatic rings. The van der Waals surface area contributed by atoms with Crippen LogP contribution in [0.5, 0.6) is 11.5 Å². The summed E-state index contributed by atoms with van der Waals surface area (Å²) in [5.41, 5.74) is 0.276. The van der Waals surface area contributed by atoms with Gasteiger partial charge in [0.1, 0.15) is 24.2 Å². The summed E-state index contributed by atoms with van der Waals surface area (Å²) in [6.07, 6.45) is -3.65. The number of phenolic OH excluding ortho intramolecular Hbond substituents is 1. The molecule has 0 radical (unpaired) electrons. The first kappa shape index (κ1) is 42.2. The van der Waals surface area contributed by atoms with Gasteiger partial charge < -0.3 is 40.0 Å². The number of aliphatic hydroxyl groups is 1. The summed E-state index contributed by atoms with van der Waals surface area (Å²) >= 11 is 0. The van der Waals surface area contributed by atoms with Crippen molar-refractivity contribution >= 4 is 23.0 Å². The van der Waals surface area contributed by atoms with E-state index in [2.05, 4.69) is 20.5 Å². The number of carbonyl (C=O) groups is 2. The summed E-state index contributed by atoms with van der Waals surface area (Å²) in [4.78, 5) is 42.6. The lowest BCUT2D eigenvalue weighted by molar-refractivity contribution is -0.138. The molecular weight excluding hydrogens is 782 g/mol.